The largest absolute Gasteiger partial charge is 0.489 e. The Kier molecular flexibility index (Phi) is 7.65. The first kappa shape index (κ1) is 20.4. The molecule has 9 heteroatoms. The first-order valence-corrected chi connectivity index (χ1v) is 10.5. The predicted octanol–water partition coefficient (Wildman–Crippen LogP) is 0.488. The summed E-state index contributed by atoms with van der Waals surface area (Å²) in [7, 11) is -1.16. The van der Waals surface area contributed by atoms with Gasteiger partial charge in [-0.3, -0.25) is 9.89 Å². The molecule has 2 N–H and O–H groups in total. The van der Waals surface area contributed by atoms with Crippen LogP contribution < -0.4 is 15.4 Å². The smallest absolute Gasteiger partial charge is 0.191 e. The molecule has 1 atom stereocenters. The minimum Gasteiger partial charge on any atom is -0.489 e. The zero-order valence-corrected chi connectivity index (χ0v) is 16.1. The van der Waals surface area contributed by atoms with E-state index in [1.807, 2.05) is 6.92 Å². The molecule has 1 aromatic rings. The van der Waals surface area contributed by atoms with E-state index in [-0.39, 0.29) is 23.4 Å². The summed E-state index contributed by atoms with van der Waals surface area (Å²) in [6.07, 6.45) is -0.164. The number of nitrogens with one attached hydrogen (secondary N) is 2. The third-order valence-electron chi connectivity index (χ3n) is 4.07. The molecule has 0 aromatic heterocycles. The quantitative estimate of drug-likeness (QED) is 0.524. The third kappa shape index (κ3) is 7.17. The van der Waals surface area contributed by atoms with Crippen LogP contribution in [0.5, 0.6) is 5.75 Å². The van der Waals surface area contributed by atoms with Gasteiger partial charge >= 0.3 is 0 Å². The maximum absolute atomic E-state index is 13.2. The molecular weight excluding hydrogens is 359 g/mol. The summed E-state index contributed by atoms with van der Waals surface area (Å²) < 4.78 is 41.7. The highest BCUT2D eigenvalue weighted by Gasteiger charge is 2.20. The van der Waals surface area contributed by atoms with Crippen LogP contribution in [0.15, 0.2) is 29.3 Å². The Morgan fingerprint density at radius 3 is 2.73 bits per heavy atom. The number of hydrogen-bond donors (Lipinski definition) is 2. The van der Waals surface area contributed by atoms with Crippen molar-refractivity contribution in [3.05, 3.63) is 30.1 Å². The van der Waals surface area contributed by atoms with Crippen molar-refractivity contribution in [1.82, 2.24) is 15.5 Å². The van der Waals surface area contributed by atoms with Gasteiger partial charge < -0.3 is 15.4 Å². The van der Waals surface area contributed by atoms with Crippen molar-refractivity contribution in [3.63, 3.8) is 0 Å². The molecule has 7 nitrogen and oxygen atoms in total. The Hall–Kier alpha value is -1.87. The van der Waals surface area contributed by atoms with E-state index in [2.05, 4.69) is 20.5 Å². The van der Waals surface area contributed by atoms with Crippen molar-refractivity contribution in [2.24, 2.45) is 4.99 Å². The number of sulfone groups is 1. The fourth-order valence-corrected chi connectivity index (χ4v) is 3.86. The van der Waals surface area contributed by atoms with Gasteiger partial charge in [-0.05, 0) is 19.1 Å². The highest BCUT2D eigenvalue weighted by atomic mass is 32.2. The van der Waals surface area contributed by atoms with E-state index in [0.717, 1.165) is 6.54 Å². The Morgan fingerprint density at radius 1 is 1.35 bits per heavy atom. The van der Waals surface area contributed by atoms with Crippen molar-refractivity contribution in [1.29, 1.82) is 0 Å². The highest BCUT2D eigenvalue weighted by molar-refractivity contribution is 7.91. The molecule has 1 aromatic carbocycles. The van der Waals surface area contributed by atoms with E-state index in [0.29, 0.717) is 37.9 Å². The molecule has 0 amide bonds. The average Bonchev–Trinajstić information content (AvgIpc) is 2.59. The lowest BCUT2D eigenvalue weighted by molar-refractivity contribution is 0.223. The Bertz CT molecular complexity index is 698. The van der Waals surface area contributed by atoms with Gasteiger partial charge in [0.1, 0.15) is 17.7 Å². The summed E-state index contributed by atoms with van der Waals surface area (Å²) >= 11 is 0. The average molecular weight is 386 g/mol. The van der Waals surface area contributed by atoms with E-state index in [9.17, 15) is 12.8 Å². The first-order valence-electron chi connectivity index (χ1n) is 8.67. The predicted molar refractivity (Wildman–Crippen MR) is 101 cm³/mol. The lowest BCUT2D eigenvalue weighted by Gasteiger charge is -2.26. The van der Waals surface area contributed by atoms with E-state index in [1.165, 1.54) is 12.1 Å². The van der Waals surface area contributed by atoms with Crippen LogP contribution in [0.3, 0.4) is 0 Å². The van der Waals surface area contributed by atoms with E-state index < -0.39 is 9.84 Å². The first-order chi connectivity index (χ1) is 12.4. The summed E-state index contributed by atoms with van der Waals surface area (Å²) in [6, 6.07) is 6.05. The summed E-state index contributed by atoms with van der Waals surface area (Å²) in [5.41, 5.74) is 0. The lowest BCUT2D eigenvalue weighted by atomic mass is 10.3. The van der Waals surface area contributed by atoms with Crippen molar-refractivity contribution < 1.29 is 17.5 Å². The van der Waals surface area contributed by atoms with Gasteiger partial charge in [0, 0.05) is 39.3 Å². The highest BCUT2D eigenvalue weighted by Crippen LogP contribution is 2.13. The molecule has 1 saturated heterocycles. The number of aliphatic imine (C=N–C) groups is 1. The number of ether oxygens (including phenoxy) is 1. The van der Waals surface area contributed by atoms with Crippen LogP contribution in [-0.4, -0.2) is 76.7 Å². The fraction of sp³-hybridized carbons (Fsp3) is 0.588. The third-order valence-corrected chi connectivity index (χ3v) is 5.68. The number of guanidine groups is 1. The zero-order chi connectivity index (χ0) is 19.0. The van der Waals surface area contributed by atoms with Crippen molar-refractivity contribution in [2.75, 3.05) is 51.3 Å². The summed E-state index contributed by atoms with van der Waals surface area (Å²) in [5, 5.41) is 6.36. The van der Waals surface area contributed by atoms with Crippen molar-refractivity contribution in [2.45, 2.75) is 13.0 Å². The van der Waals surface area contributed by atoms with Crippen LogP contribution in [0.2, 0.25) is 0 Å². The second-order valence-electron chi connectivity index (χ2n) is 6.26. The number of rotatable bonds is 7. The molecule has 1 fully saturated rings. The number of halogens is 1. The van der Waals surface area contributed by atoms with Crippen LogP contribution in [0.1, 0.15) is 6.92 Å². The Labute approximate surface area is 154 Å². The van der Waals surface area contributed by atoms with Gasteiger partial charge in [-0.2, -0.15) is 0 Å². The Morgan fingerprint density at radius 2 is 2.08 bits per heavy atom. The van der Waals surface area contributed by atoms with Crippen molar-refractivity contribution in [3.8, 4) is 5.75 Å². The molecule has 0 spiro atoms. The molecule has 0 bridgehead atoms. The molecule has 2 rings (SSSR count). The van der Waals surface area contributed by atoms with Gasteiger partial charge in [0.25, 0.3) is 0 Å². The van der Waals surface area contributed by atoms with Gasteiger partial charge in [0.05, 0.1) is 18.1 Å². The van der Waals surface area contributed by atoms with Crippen LogP contribution >= 0.6 is 0 Å². The molecule has 26 heavy (non-hydrogen) atoms. The molecule has 1 aliphatic heterocycles. The van der Waals surface area contributed by atoms with Gasteiger partial charge in [-0.25, -0.2) is 12.8 Å². The minimum absolute atomic E-state index is 0.164. The van der Waals surface area contributed by atoms with Gasteiger partial charge in [0.2, 0.25) is 0 Å². The molecule has 0 saturated carbocycles. The van der Waals surface area contributed by atoms with Crippen LogP contribution in [0.4, 0.5) is 4.39 Å². The molecule has 1 heterocycles. The number of hydrogen-bond acceptors (Lipinski definition) is 5. The zero-order valence-electron chi connectivity index (χ0n) is 15.2. The molecule has 0 radical (unpaired) electrons. The van der Waals surface area contributed by atoms with E-state index in [4.69, 9.17) is 4.74 Å². The summed E-state index contributed by atoms with van der Waals surface area (Å²) in [4.78, 5) is 6.27. The normalized spacial score (nSPS) is 19.0. The molecule has 0 aliphatic carbocycles. The SMILES string of the molecule is CN=C(NCCN1CCS(=O)(=O)CC1)NCC(C)Oc1cccc(F)c1. The second-order valence-corrected chi connectivity index (χ2v) is 8.56. The maximum atomic E-state index is 13.2. The van der Waals surface area contributed by atoms with Gasteiger partial charge in [0.15, 0.2) is 15.8 Å². The molecule has 146 valence electrons. The van der Waals surface area contributed by atoms with Crippen molar-refractivity contribution >= 4 is 15.8 Å². The van der Waals surface area contributed by atoms with E-state index >= 15 is 0 Å². The standard InChI is InChI=1S/C17H27FN4O3S/c1-14(25-16-5-3-4-15(18)12-16)13-21-17(19-2)20-6-7-22-8-10-26(23,24)11-9-22/h3-5,12,14H,6-11,13H2,1-2H3,(H2,19,20,21). The minimum atomic E-state index is -2.84. The Balaban J connectivity index is 1.66. The summed E-state index contributed by atoms with van der Waals surface area (Å²) in [5.74, 6) is 1.27. The topological polar surface area (TPSA) is 83.0 Å². The second kappa shape index (κ2) is 9.72. The van der Waals surface area contributed by atoms with Gasteiger partial charge in [-0.15, -0.1) is 0 Å². The fourth-order valence-electron chi connectivity index (χ4n) is 2.58. The lowest BCUT2D eigenvalue weighted by Crippen LogP contribution is -2.47. The monoisotopic (exact) mass is 386 g/mol. The number of benzene rings is 1. The van der Waals surface area contributed by atoms with Gasteiger partial charge in [-0.1, -0.05) is 6.07 Å². The number of nitrogens with zero attached hydrogens (tertiary/aromatic N) is 2. The maximum Gasteiger partial charge on any atom is 0.191 e. The van der Waals surface area contributed by atoms with Crippen LogP contribution in [-0.2, 0) is 9.84 Å². The molecule has 1 unspecified atom stereocenters. The molecular formula is C17H27FN4O3S. The van der Waals surface area contributed by atoms with Crippen LogP contribution in [0.25, 0.3) is 0 Å². The molecule has 1 aliphatic rings. The van der Waals surface area contributed by atoms with Crippen LogP contribution in [0, 0.1) is 5.82 Å². The van der Waals surface area contributed by atoms with E-state index in [1.54, 1.807) is 19.2 Å². The summed E-state index contributed by atoms with van der Waals surface area (Å²) in [6.45, 7) is 4.98.